The zero-order valence-corrected chi connectivity index (χ0v) is 10.5. The van der Waals surface area contributed by atoms with E-state index in [-0.39, 0.29) is 11.5 Å². The maximum atomic E-state index is 13.7. The Kier molecular flexibility index (Phi) is 4.19. The van der Waals surface area contributed by atoms with Gasteiger partial charge in [0.05, 0.1) is 12.1 Å². The Balaban J connectivity index is 2.18. The highest BCUT2D eigenvalue weighted by atomic mass is 19.4. The van der Waals surface area contributed by atoms with E-state index in [0.29, 0.717) is 0 Å². The Labute approximate surface area is 113 Å². The van der Waals surface area contributed by atoms with Crippen molar-refractivity contribution in [3.8, 4) is 5.75 Å². The van der Waals surface area contributed by atoms with Gasteiger partial charge >= 0.3 is 6.36 Å². The van der Waals surface area contributed by atoms with Crippen LogP contribution in [0.25, 0.3) is 0 Å². The van der Waals surface area contributed by atoms with Crippen molar-refractivity contribution in [2.24, 2.45) is 11.7 Å². The SMILES string of the molecule is N[C@@H](c1cc(OC(F)(F)F)ccc1F)[C@H](O)C1CCC1. The maximum absolute atomic E-state index is 13.7. The molecule has 0 heterocycles. The van der Waals surface area contributed by atoms with E-state index < -0.39 is 30.1 Å². The number of aliphatic hydroxyl groups is 1. The molecule has 3 nitrogen and oxygen atoms in total. The number of hydrogen-bond acceptors (Lipinski definition) is 3. The number of nitrogens with two attached hydrogens (primary N) is 1. The van der Waals surface area contributed by atoms with E-state index in [2.05, 4.69) is 4.74 Å². The molecular formula is C13H15F4NO2. The van der Waals surface area contributed by atoms with Crippen LogP contribution in [-0.4, -0.2) is 17.6 Å². The summed E-state index contributed by atoms with van der Waals surface area (Å²) in [6, 6.07) is 1.53. The van der Waals surface area contributed by atoms with Crippen LogP contribution in [0.5, 0.6) is 5.75 Å². The van der Waals surface area contributed by atoms with Crippen molar-refractivity contribution in [3.63, 3.8) is 0 Å². The molecule has 0 unspecified atom stereocenters. The summed E-state index contributed by atoms with van der Waals surface area (Å²) in [5.74, 6) is -1.34. The molecule has 112 valence electrons. The fourth-order valence-electron chi connectivity index (χ4n) is 2.23. The first-order valence-corrected chi connectivity index (χ1v) is 6.27. The quantitative estimate of drug-likeness (QED) is 0.839. The van der Waals surface area contributed by atoms with Gasteiger partial charge in [-0.3, -0.25) is 0 Å². The van der Waals surface area contributed by atoms with Crippen molar-refractivity contribution >= 4 is 0 Å². The van der Waals surface area contributed by atoms with E-state index in [1.165, 1.54) is 0 Å². The number of alkyl halides is 3. The first kappa shape index (κ1) is 15.1. The van der Waals surface area contributed by atoms with Crippen molar-refractivity contribution in [1.82, 2.24) is 0 Å². The van der Waals surface area contributed by atoms with Gasteiger partial charge < -0.3 is 15.6 Å². The molecule has 1 aliphatic rings. The van der Waals surface area contributed by atoms with Gasteiger partial charge in [-0.2, -0.15) is 0 Å². The molecule has 0 saturated heterocycles. The summed E-state index contributed by atoms with van der Waals surface area (Å²) in [4.78, 5) is 0. The summed E-state index contributed by atoms with van der Waals surface area (Å²) < 4.78 is 53.8. The van der Waals surface area contributed by atoms with Crippen LogP contribution in [0.2, 0.25) is 0 Å². The van der Waals surface area contributed by atoms with Gasteiger partial charge in [0.2, 0.25) is 0 Å². The fourth-order valence-corrected chi connectivity index (χ4v) is 2.23. The highest BCUT2D eigenvalue weighted by molar-refractivity contribution is 5.32. The van der Waals surface area contributed by atoms with Gasteiger partial charge in [-0.05, 0) is 37.0 Å². The van der Waals surface area contributed by atoms with E-state index in [0.717, 1.165) is 37.5 Å². The number of aliphatic hydroxyl groups excluding tert-OH is 1. The molecule has 1 aromatic rings. The molecule has 0 amide bonds. The first-order valence-electron chi connectivity index (χ1n) is 6.27. The number of ether oxygens (including phenoxy) is 1. The molecule has 0 aromatic heterocycles. The van der Waals surface area contributed by atoms with Gasteiger partial charge in [0.1, 0.15) is 11.6 Å². The lowest BCUT2D eigenvalue weighted by Crippen LogP contribution is -2.37. The number of benzene rings is 1. The molecule has 3 N–H and O–H groups in total. The molecule has 1 fully saturated rings. The Morgan fingerprint density at radius 2 is 1.95 bits per heavy atom. The molecular weight excluding hydrogens is 278 g/mol. The summed E-state index contributed by atoms with van der Waals surface area (Å²) >= 11 is 0. The second kappa shape index (κ2) is 5.57. The summed E-state index contributed by atoms with van der Waals surface area (Å²) in [7, 11) is 0. The van der Waals surface area contributed by atoms with Crippen LogP contribution in [0.15, 0.2) is 18.2 Å². The van der Waals surface area contributed by atoms with E-state index in [9.17, 15) is 22.7 Å². The summed E-state index contributed by atoms with van der Waals surface area (Å²) in [5, 5.41) is 9.98. The van der Waals surface area contributed by atoms with Crippen LogP contribution in [0.3, 0.4) is 0 Å². The highest BCUT2D eigenvalue weighted by Gasteiger charge is 2.34. The predicted octanol–water partition coefficient (Wildman–Crippen LogP) is 2.89. The monoisotopic (exact) mass is 293 g/mol. The molecule has 0 aliphatic heterocycles. The molecule has 1 aliphatic carbocycles. The van der Waals surface area contributed by atoms with Gasteiger partial charge in [0, 0.05) is 5.56 Å². The molecule has 20 heavy (non-hydrogen) atoms. The summed E-state index contributed by atoms with van der Waals surface area (Å²) in [5.41, 5.74) is 5.58. The Morgan fingerprint density at radius 1 is 1.30 bits per heavy atom. The molecule has 0 bridgehead atoms. The van der Waals surface area contributed by atoms with E-state index in [1.807, 2.05) is 0 Å². The van der Waals surface area contributed by atoms with Gasteiger partial charge in [0.25, 0.3) is 0 Å². The minimum atomic E-state index is -4.86. The molecule has 7 heteroatoms. The largest absolute Gasteiger partial charge is 0.573 e. The van der Waals surface area contributed by atoms with Crippen LogP contribution in [0.1, 0.15) is 30.9 Å². The summed E-state index contributed by atoms with van der Waals surface area (Å²) in [6.45, 7) is 0. The number of rotatable bonds is 4. The van der Waals surface area contributed by atoms with Crippen molar-refractivity contribution in [2.75, 3.05) is 0 Å². The van der Waals surface area contributed by atoms with Crippen molar-refractivity contribution in [3.05, 3.63) is 29.6 Å². The van der Waals surface area contributed by atoms with Crippen LogP contribution in [0, 0.1) is 11.7 Å². The fraction of sp³-hybridized carbons (Fsp3) is 0.538. The first-order chi connectivity index (χ1) is 9.28. The zero-order chi connectivity index (χ0) is 14.9. The van der Waals surface area contributed by atoms with Crippen molar-refractivity contribution in [2.45, 2.75) is 37.8 Å². The average Bonchev–Trinajstić information content (AvgIpc) is 2.26. The zero-order valence-electron chi connectivity index (χ0n) is 10.5. The van der Waals surface area contributed by atoms with E-state index in [4.69, 9.17) is 5.73 Å². The number of halogens is 4. The normalized spacial score (nSPS) is 19.3. The van der Waals surface area contributed by atoms with Gasteiger partial charge in [-0.1, -0.05) is 6.42 Å². The Hall–Kier alpha value is -1.34. The lowest BCUT2D eigenvalue weighted by molar-refractivity contribution is -0.274. The Morgan fingerprint density at radius 3 is 2.45 bits per heavy atom. The van der Waals surface area contributed by atoms with Crippen LogP contribution in [0.4, 0.5) is 17.6 Å². The predicted molar refractivity (Wildman–Crippen MR) is 63.4 cm³/mol. The topological polar surface area (TPSA) is 55.5 Å². The lowest BCUT2D eigenvalue weighted by atomic mass is 9.77. The lowest BCUT2D eigenvalue weighted by Gasteiger charge is -2.34. The minimum Gasteiger partial charge on any atom is -0.406 e. The Bertz CT molecular complexity index is 474. The van der Waals surface area contributed by atoms with E-state index >= 15 is 0 Å². The maximum Gasteiger partial charge on any atom is 0.573 e. The average molecular weight is 293 g/mol. The second-order valence-corrected chi connectivity index (χ2v) is 4.94. The molecule has 0 spiro atoms. The third-order valence-electron chi connectivity index (χ3n) is 3.56. The molecule has 2 rings (SSSR count). The smallest absolute Gasteiger partial charge is 0.406 e. The molecule has 0 radical (unpaired) electrons. The van der Waals surface area contributed by atoms with Gasteiger partial charge in [-0.15, -0.1) is 13.2 Å². The third-order valence-corrected chi connectivity index (χ3v) is 3.56. The van der Waals surface area contributed by atoms with Crippen LogP contribution >= 0.6 is 0 Å². The van der Waals surface area contributed by atoms with Crippen LogP contribution in [-0.2, 0) is 0 Å². The standard InChI is InChI=1S/C13H15F4NO2/c14-10-5-4-8(20-13(15,16)17)6-9(10)11(18)12(19)7-2-1-3-7/h4-7,11-12,19H,1-3,18H2/t11-,12+/m0/s1. The van der Waals surface area contributed by atoms with E-state index in [1.54, 1.807) is 0 Å². The minimum absolute atomic E-state index is 0.0309. The van der Waals surface area contributed by atoms with Crippen molar-refractivity contribution < 1.29 is 27.4 Å². The van der Waals surface area contributed by atoms with Gasteiger partial charge in [0.15, 0.2) is 0 Å². The summed E-state index contributed by atoms with van der Waals surface area (Å²) in [6.07, 6.45) is -3.29. The second-order valence-electron chi connectivity index (χ2n) is 4.94. The molecule has 2 atom stereocenters. The van der Waals surface area contributed by atoms with Crippen molar-refractivity contribution in [1.29, 1.82) is 0 Å². The third kappa shape index (κ3) is 3.40. The molecule has 1 saturated carbocycles. The number of hydrogen-bond donors (Lipinski definition) is 2. The highest BCUT2D eigenvalue weighted by Crippen LogP contribution is 2.36. The molecule has 1 aromatic carbocycles. The van der Waals surface area contributed by atoms with Crippen LogP contribution < -0.4 is 10.5 Å². The van der Waals surface area contributed by atoms with Gasteiger partial charge in [-0.25, -0.2) is 4.39 Å².